The van der Waals surface area contributed by atoms with Crippen molar-refractivity contribution in [2.75, 3.05) is 18.8 Å². The van der Waals surface area contributed by atoms with E-state index < -0.39 is 10.0 Å². The zero-order valence-corrected chi connectivity index (χ0v) is 15.0. The number of aromatic nitrogens is 2. The van der Waals surface area contributed by atoms with Crippen molar-refractivity contribution in [1.82, 2.24) is 8.75 Å². The van der Waals surface area contributed by atoms with Gasteiger partial charge in [0, 0.05) is 10.5 Å². The molecule has 0 amide bonds. The van der Waals surface area contributed by atoms with E-state index in [0.717, 1.165) is 22.4 Å². The molecule has 0 atom stereocenters. The minimum Gasteiger partial charge on any atom is -0.219 e. The summed E-state index contributed by atoms with van der Waals surface area (Å²) in [5.74, 6) is 0. The summed E-state index contributed by atoms with van der Waals surface area (Å²) >= 11 is 2.58. The number of hydrogen-bond acceptors (Lipinski definition) is 5. The fourth-order valence-electron chi connectivity index (χ4n) is 2.52. The molecule has 7 heteroatoms. The maximum Gasteiger partial charge on any atom is 0.119 e. The van der Waals surface area contributed by atoms with Crippen LogP contribution in [-0.2, 0) is 16.8 Å². The molecule has 0 fully saturated rings. The zero-order chi connectivity index (χ0) is 14.7. The van der Waals surface area contributed by atoms with Gasteiger partial charge in [-0.15, -0.1) is 0 Å². The van der Waals surface area contributed by atoms with Crippen LogP contribution in [0.15, 0.2) is 13.6 Å². The average Bonchev–Trinajstić information content (AvgIpc) is 2.88. The third-order valence-corrected chi connectivity index (χ3v) is 5.91. The molecular formula is C13H18N4S3. The summed E-state index contributed by atoms with van der Waals surface area (Å²) in [4.78, 5) is 1.25. The van der Waals surface area contributed by atoms with Gasteiger partial charge in [-0.2, -0.15) is 17.5 Å². The maximum absolute atomic E-state index is 4.58. The van der Waals surface area contributed by atoms with Crippen molar-refractivity contribution >= 4 is 55.5 Å². The van der Waals surface area contributed by atoms with E-state index in [1.165, 1.54) is 33.5 Å². The van der Waals surface area contributed by atoms with Crippen molar-refractivity contribution in [2.45, 2.75) is 31.1 Å². The van der Waals surface area contributed by atoms with E-state index in [-0.39, 0.29) is 5.41 Å². The Kier molecular flexibility index (Phi) is 3.08. The third-order valence-electron chi connectivity index (χ3n) is 3.24. The van der Waals surface area contributed by atoms with Crippen LogP contribution in [0.2, 0.25) is 0 Å². The lowest BCUT2D eigenvalue weighted by Crippen LogP contribution is -2.13. The van der Waals surface area contributed by atoms with Gasteiger partial charge in [0.1, 0.15) is 22.4 Å². The van der Waals surface area contributed by atoms with E-state index in [1.54, 1.807) is 0 Å². The van der Waals surface area contributed by atoms with Crippen LogP contribution in [0.25, 0.3) is 11.0 Å². The molecule has 4 nitrogen and oxygen atoms in total. The van der Waals surface area contributed by atoms with Gasteiger partial charge >= 0.3 is 0 Å². The van der Waals surface area contributed by atoms with Gasteiger partial charge in [-0.1, -0.05) is 20.8 Å². The van der Waals surface area contributed by atoms with Gasteiger partial charge < -0.3 is 0 Å². The molecule has 1 aliphatic rings. The average molecular weight is 327 g/mol. The highest BCUT2D eigenvalue weighted by Gasteiger charge is 2.32. The lowest BCUT2D eigenvalue weighted by molar-refractivity contribution is 0.596. The molecule has 0 unspecified atom stereocenters. The van der Waals surface area contributed by atoms with Crippen LogP contribution < -0.4 is 0 Å². The van der Waals surface area contributed by atoms with Crippen LogP contribution in [0.5, 0.6) is 0 Å². The van der Waals surface area contributed by atoms with Crippen LogP contribution in [-0.4, -0.2) is 27.5 Å². The quantitative estimate of drug-likeness (QED) is 0.647. The normalized spacial score (nSPS) is 15.5. The topological polar surface area (TPSA) is 50.5 Å². The first-order chi connectivity index (χ1) is 9.21. The van der Waals surface area contributed by atoms with E-state index in [2.05, 4.69) is 57.0 Å². The third kappa shape index (κ3) is 2.03. The molecule has 1 aromatic carbocycles. The Bertz CT molecular complexity index is 711. The van der Waals surface area contributed by atoms with Crippen molar-refractivity contribution < 1.29 is 0 Å². The molecule has 2 aromatic rings. The number of hydrogen-bond donors (Lipinski definition) is 0. The summed E-state index contributed by atoms with van der Waals surface area (Å²) < 4.78 is 18.3. The van der Waals surface area contributed by atoms with Gasteiger partial charge in [-0.05, 0) is 24.2 Å². The largest absolute Gasteiger partial charge is 0.219 e. The first kappa shape index (κ1) is 14.2. The second kappa shape index (κ2) is 4.35. The minimum absolute atomic E-state index is 0.0201. The van der Waals surface area contributed by atoms with E-state index in [1.807, 2.05) is 0 Å². The molecule has 0 saturated heterocycles. The molecule has 0 N–H and O–H groups in total. The number of rotatable bonds is 1. The fraction of sp³-hybridized carbons (Fsp3) is 0.538. The molecule has 0 bridgehead atoms. The first-order valence-electron chi connectivity index (χ1n) is 6.30. The summed E-state index contributed by atoms with van der Waals surface area (Å²) in [6.07, 6.45) is 6.82. The van der Waals surface area contributed by atoms with E-state index >= 15 is 0 Å². The van der Waals surface area contributed by atoms with Gasteiger partial charge in [0.15, 0.2) is 0 Å². The molecule has 1 aromatic heterocycles. The van der Waals surface area contributed by atoms with Gasteiger partial charge in [0.05, 0.1) is 23.1 Å². The standard InChI is InChI=1S/C13H18N4S3/c1-13(2,3)7-8-10(16-18-14-8)12(20(4,5)6)11-9(7)15-19-17-11/h1-6H3. The second-order valence-corrected chi connectivity index (χ2v) is 11.9. The summed E-state index contributed by atoms with van der Waals surface area (Å²) in [6, 6.07) is 0. The molecule has 1 aliphatic heterocycles. The van der Waals surface area contributed by atoms with Gasteiger partial charge in [-0.25, -0.2) is 10.0 Å². The van der Waals surface area contributed by atoms with Crippen LogP contribution >= 0.6 is 21.8 Å². The van der Waals surface area contributed by atoms with Gasteiger partial charge in [0.2, 0.25) is 0 Å². The molecule has 20 heavy (non-hydrogen) atoms. The zero-order valence-electron chi connectivity index (χ0n) is 12.5. The highest BCUT2D eigenvalue weighted by Crippen LogP contribution is 2.59. The highest BCUT2D eigenvalue weighted by molar-refractivity contribution is 8.32. The molecule has 108 valence electrons. The molecule has 0 saturated carbocycles. The molecule has 0 spiro atoms. The molecule has 0 radical (unpaired) electrons. The Balaban J connectivity index is 2.53. The van der Waals surface area contributed by atoms with E-state index in [9.17, 15) is 0 Å². The Morgan fingerprint density at radius 3 is 2.10 bits per heavy atom. The lowest BCUT2D eigenvalue weighted by Gasteiger charge is -2.29. The SMILES string of the molecule is CC(C)(C)c1c2c(c(S(C)(C)C)c3nsnc13)N=S=N2. The Hall–Kier alpha value is -0.790. The molecule has 3 rings (SSSR count). The smallest absolute Gasteiger partial charge is 0.119 e. The predicted molar refractivity (Wildman–Crippen MR) is 91.3 cm³/mol. The monoisotopic (exact) mass is 326 g/mol. The number of benzene rings is 1. The Morgan fingerprint density at radius 1 is 0.900 bits per heavy atom. The van der Waals surface area contributed by atoms with Crippen LogP contribution in [0.4, 0.5) is 11.4 Å². The Labute approximate surface area is 128 Å². The van der Waals surface area contributed by atoms with E-state index in [0.29, 0.717) is 0 Å². The highest BCUT2D eigenvalue weighted by atomic mass is 32.3. The van der Waals surface area contributed by atoms with Gasteiger partial charge in [-0.3, -0.25) is 0 Å². The number of nitrogens with zero attached hydrogens (tertiary/aromatic N) is 4. The fourth-order valence-corrected chi connectivity index (χ4v) is 5.20. The lowest BCUT2D eigenvalue weighted by atomic mass is 9.84. The minimum atomic E-state index is -0.950. The van der Waals surface area contributed by atoms with Crippen LogP contribution in [0, 0.1) is 0 Å². The molecule has 2 heterocycles. The van der Waals surface area contributed by atoms with Crippen molar-refractivity contribution in [1.29, 1.82) is 0 Å². The first-order valence-corrected chi connectivity index (χ1v) is 10.6. The van der Waals surface area contributed by atoms with Crippen molar-refractivity contribution in [2.24, 2.45) is 8.73 Å². The Morgan fingerprint density at radius 2 is 1.50 bits per heavy atom. The van der Waals surface area contributed by atoms with Gasteiger partial charge in [0.25, 0.3) is 0 Å². The second-order valence-electron chi connectivity index (χ2n) is 6.71. The van der Waals surface area contributed by atoms with E-state index in [4.69, 9.17) is 0 Å². The van der Waals surface area contributed by atoms with Crippen LogP contribution in [0.3, 0.4) is 0 Å². The summed E-state index contributed by atoms with van der Waals surface area (Å²) in [6.45, 7) is 6.59. The summed E-state index contributed by atoms with van der Waals surface area (Å²) in [5, 5.41) is 0. The molecule has 0 aliphatic carbocycles. The number of fused-ring (bicyclic) bond motifs is 2. The van der Waals surface area contributed by atoms with Crippen molar-refractivity contribution in [3.63, 3.8) is 0 Å². The van der Waals surface area contributed by atoms with Crippen molar-refractivity contribution in [3.8, 4) is 0 Å². The van der Waals surface area contributed by atoms with Crippen LogP contribution in [0.1, 0.15) is 26.3 Å². The summed E-state index contributed by atoms with van der Waals surface area (Å²) in [5.41, 5.74) is 5.25. The summed E-state index contributed by atoms with van der Waals surface area (Å²) in [7, 11) is -0.950. The van der Waals surface area contributed by atoms with Crippen molar-refractivity contribution in [3.05, 3.63) is 5.56 Å². The molecular weight excluding hydrogens is 308 g/mol. The maximum atomic E-state index is 4.58. The predicted octanol–water partition coefficient (Wildman–Crippen LogP) is 4.77.